The Balaban J connectivity index is 1.94. The van der Waals surface area contributed by atoms with Gasteiger partial charge in [-0.3, -0.25) is 19.3 Å². The largest absolute Gasteiger partial charge is 0.405 e. The van der Waals surface area contributed by atoms with Gasteiger partial charge in [0.05, 0.1) is 17.9 Å². The first kappa shape index (κ1) is 30.2. The third-order valence-electron chi connectivity index (χ3n) is 5.82. The van der Waals surface area contributed by atoms with Gasteiger partial charge in [-0.25, -0.2) is 0 Å². The molecular weight excluding hydrogens is 509 g/mol. The summed E-state index contributed by atoms with van der Waals surface area (Å²) in [4.78, 5) is 40.7. The number of halogens is 3. The maximum absolute atomic E-state index is 12.9. The second-order valence-corrected chi connectivity index (χ2v) is 9.71. The molecule has 0 spiro atoms. The van der Waals surface area contributed by atoms with E-state index in [0.29, 0.717) is 25.2 Å². The number of carbonyl (C=O) groups excluding carboxylic acids is 3. The zero-order valence-electron chi connectivity index (χ0n) is 21.1. The Hall–Kier alpha value is -2.98. The SMILES string of the molecule is CCN(CC)CC(=O)Nc1cccc(NCCC2SC(C(C#N)C(=O)NCC(F)(F)F)N(CC)C2=O)c1. The van der Waals surface area contributed by atoms with Crippen LogP contribution in [0.5, 0.6) is 0 Å². The van der Waals surface area contributed by atoms with Crippen molar-refractivity contribution in [1.29, 1.82) is 5.26 Å². The van der Waals surface area contributed by atoms with Crippen LogP contribution in [0.2, 0.25) is 0 Å². The highest BCUT2D eigenvalue weighted by Crippen LogP contribution is 2.37. The van der Waals surface area contributed by atoms with Crippen molar-refractivity contribution < 1.29 is 27.6 Å². The highest BCUT2D eigenvalue weighted by molar-refractivity contribution is 8.01. The fourth-order valence-electron chi connectivity index (χ4n) is 3.85. The predicted octanol–water partition coefficient (Wildman–Crippen LogP) is 2.88. The monoisotopic (exact) mass is 542 g/mol. The second kappa shape index (κ2) is 14.1. The normalized spacial score (nSPS) is 18.4. The Morgan fingerprint density at radius 2 is 1.89 bits per heavy atom. The Morgan fingerprint density at radius 1 is 1.22 bits per heavy atom. The van der Waals surface area contributed by atoms with Gasteiger partial charge in [-0.2, -0.15) is 18.4 Å². The minimum Gasteiger partial charge on any atom is -0.385 e. The average molecular weight is 543 g/mol. The van der Waals surface area contributed by atoms with Crippen LogP contribution < -0.4 is 16.0 Å². The number of nitriles is 1. The minimum absolute atomic E-state index is 0.120. The summed E-state index contributed by atoms with van der Waals surface area (Å²) in [5.41, 5.74) is 1.37. The minimum atomic E-state index is -4.60. The number of hydrogen-bond donors (Lipinski definition) is 3. The van der Waals surface area contributed by atoms with E-state index >= 15 is 0 Å². The number of benzene rings is 1. The van der Waals surface area contributed by atoms with E-state index in [2.05, 4.69) is 10.6 Å². The molecule has 0 aliphatic carbocycles. The lowest BCUT2D eigenvalue weighted by molar-refractivity contribution is -0.141. The summed E-state index contributed by atoms with van der Waals surface area (Å²) in [5, 5.41) is 15.9. The molecule has 1 fully saturated rings. The van der Waals surface area contributed by atoms with Gasteiger partial charge >= 0.3 is 6.18 Å². The van der Waals surface area contributed by atoms with Gasteiger partial charge in [0, 0.05) is 24.5 Å². The van der Waals surface area contributed by atoms with Crippen molar-refractivity contribution in [1.82, 2.24) is 15.1 Å². The second-order valence-electron chi connectivity index (χ2n) is 8.39. The van der Waals surface area contributed by atoms with E-state index in [4.69, 9.17) is 0 Å². The van der Waals surface area contributed by atoms with Crippen LogP contribution in [0.3, 0.4) is 0 Å². The number of nitrogens with one attached hydrogen (secondary N) is 3. The molecule has 204 valence electrons. The zero-order chi connectivity index (χ0) is 27.6. The summed E-state index contributed by atoms with van der Waals surface area (Å²) in [5.74, 6) is -2.86. The molecule has 1 heterocycles. The number of thioether (sulfide) groups is 1. The highest BCUT2D eigenvalue weighted by Gasteiger charge is 2.46. The van der Waals surface area contributed by atoms with Crippen LogP contribution >= 0.6 is 11.8 Å². The Kier molecular flexibility index (Phi) is 11.5. The number of carbonyl (C=O) groups is 3. The van der Waals surface area contributed by atoms with Crippen LogP contribution in [0.25, 0.3) is 0 Å². The molecule has 9 nitrogen and oxygen atoms in total. The van der Waals surface area contributed by atoms with E-state index in [1.807, 2.05) is 24.8 Å². The summed E-state index contributed by atoms with van der Waals surface area (Å²) in [6.07, 6.45) is -4.23. The molecular formula is C24H33F3N6O3S. The third-order valence-corrected chi connectivity index (χ3v) is 7.39. The Morgan fingerprint density at radius 3 is 2.49 bits per heavy atom. The summed E-state index contributed by atoms with van der Waals surface area (Å²) >= 11 is 1.11. The van der Waals surface area contributed by atoms with E-state index < -0.39 is 35.2 Å². The van der Waals surface area contributed by atoms with Crippen molar-refractivity contribution in [2.75, 3.05) is 49.9 Å². The molecule has 37 heavy (non-hydrogen) atoms. The lowest BCUT2D eigenvalue weighted by Gasteiger charge is -2.25. The molecule has 1 saturated heterocycles. The number of likely N-dealkylation sites (N-methyl/N-ethyl adjacent to an activating group) is 1. The van der Waals surface area contributed by atoms with Gasteiger partial charge in [-0.1, -0.05) is 19.9 Å². The third kappa shape index (κ3) is 9.12. The first-order valence-corrected chi connectivity index (χ1v) is 13.0. The molecule has 2 rings (SSSR count). The van der Waals surface area contributed by atoms with Gasteiger partial charge in [0.2, 0.25) is 17.7 Å². The maximum atomic E-state index is 12.9. The van der Waals surface area contributed by atoms with Crippen molar-refractivity contribution in [2.45, 2.75) is 44.0 Å². The summed E-state index contributed by atoms with van der Waals surface area (Å²) in [7, 11) is 0. The molecule has 0 saturated carbocycles. The lowest BCUT2D eigenvalue weighted by Crippen LogP contribution is -2.45. The lowest BCUT2D eigenvalue weighted by atomic mass is 10.1. The topological polar surface area (TPSA) is 118 Å². The maximum Gasteiger partial charge on any atom is 0.405 e. The van der Waals surface area contributed by atoms with E-state index in [9.17, 15) is 32.8 Å². The molecule has 1 aromatic rings. The molecule has 1 aromatic carbocycles. The van der Waals surface area contributed by atoms with Gasteiger partial charge in [0.25, 0.3) is 0 Å². The standard InChI is InChI=1S/C24H33F3N6O3S/c1-4-32(5-2)14-20(34)31-17-9-7-8-16(12-17)29-11-10-19-22(36)33(6-3)23(37-19)18(13-28)21(35)30-15-24(25,26)27/h7-9,12,18-19,23,29H,4-6,10-11,14-15H2,1-3H3,(H,30,35)(H,31,34). The fraction of sp³-hybridized carbons (Fsp3) is 0.583. The van der Waals surface area contributed by atoms with Gasteiger partial charge in [-0.05, 0) is 44.6 Å². The zero-order valence-corrected chi connectivity index (χ0v) is 21.9. The summed E-state index contributed by atoms with van der Waals surface area (Å²) < 4.78 is 37.4. The van der Waals surface area contributed by atoms with E-state index in [1.165, 1.54) is 4.90 Å². The van der Waals surface area contributed by atoms with Crippen LogP contribution in [0.1, 0.15) is 27.2 Å². The number of hydrogen-bond acceptors (Lipinski definition) is 7. The highest BCUT2D eigenvalue weighted by atomic mass is 32.2. The van der Waals surface area contributed by atoms with E-state index in [-0.39, 0.29) is 18.4 Å². The van der Waals surface area contributed by atoms with Gasteiger partial charge in [-0.15, -0.1) is 11.8 Å². The molecule has 3 amide bonds. The average Bonchev–Trinajstić information content (AvgIpc) is 3.16. The smallest absolute Gasteiger partial charge is 0.385 e. The first-order chi connectivity index (χ1) is 17.5. The molecule has 0 aromatic heterocycles. The molecule has 13 heteroatoms. The number of rotatable bonds is 13. The van der Waals surface area contributed by atoms with E-state index in [1.54, 1.807) is 36.5 Å². The number of alkyl halides is 3. The molecule has 1 aliphatic rings. The van der Waals surface area contributed by atoms with Gasteiger partial charge < -0.3 is 20.9 Å². The van der Waals surface area contributed by atoms with Crippen LogP contribution in [-0.2, 0) is 14.4 Å². The first-order valence-electron chi connectivity index (χ1n) is 12.1. The molecule has 3 unspecified atom stereocenters. The molecule has 3 atom stereocenters. The Bertz CT molecular complexity index is 983. The fourth-order valence-corrected chi connectivity index (χ4v) is 5.43. The van der Waals surface area contributed by atoms with Crippen molar-refractivity contribution in [3.05, 3.63) is 24.3 Å². The number of amides is 3. The van der Waals surface area contributed by atoms with Gasteiger partial charge in [0.1, 0.15) is 11.9 Å². The van der Waals surface area contributed by atoms with Crippen molar-refractivity contribution in [3.8, 4) is 6.07 Å². The van der Waals surface area contributed by atoms with Crippen molar-refractivity contribution in [2.24, 2.45) is 5.92 Å². The predicted molar refractivity (Wildman–Crippen MR) is 137 cm³/mol. The molecule has 1 aliphatic heterocycles. The molecule has 0 bridgehead atoms. The number of nitrogens with zero attached hydrogens (tertiary/aromatic N) is 3. The number of anilines is 2. The van der Waals surface area contributed by atoms with Crippen LogP contribution in [-0.4, -0.2) is 83.6 Å². The Labute approximate surface area is 219 Å². The molecule has 3 N–H and O–H groups in total. The van der Waals surface area contributed by atoms with Crippen molar-refractivity contribution >= 4 is 40.9 Å². The van der Waals surface area contributed by atoms with Crippen molar-refractivity contribution in [3.63, 3.8) is 0 Å². The van der Waals surface area contributed by atoms with Gasteiger partial charge in [0.15, 0.2) is 5.92 Å². The van der Waals surface area contributed by atoms with Crippen LogP contribution in [0.15, 0.2) is 24.3 Å². The van der Waals surface area contributed by atoms with E-state index in [0.717, 1.165) is 30.5 Å². The van der Waals surface area contributed by atoms with Crippen LogP contribution in [0, 0.1) is 17.2 Å². The quantitative estimate of drug-likeness (QED) is 0.351. The van der Waals surface area contributed by atoms with Crippen LogP contribution in [0.4, 0.5) is 24.5 Å². The summed E-state index contributed by atoms with van der Waals surface area (Å²) in [6, 6.07) is 8.92. The summed E-state index contributed by atoms with van der Waals surface area (Å²) in [6.45, 7) is 6.57. The molecule has 0 radical (unpaired) electrons.